The van der Waals surface area contributed by atoms with E-state index >= 15 is 0 Å². The van der Waals surface area contributed by atoms with Gasteiger partial charge in [0.2, 0.25) is 0 Å². The number of phenolic OH excluding ortho intramolecular Hbond substituents is 1. The maximum atomic E-state index is 12.4. The van der Waals surface area contributed by atoms with Crippen LogP contribution in [-0.2, 0) is 4.74 Å². The number of phenols is 1. The van der Waals surface area contributed by atoms with Crippen LogP contribution in [0.4, 0.5) is 0 Å². The normalized spacial score (nSPS) is 17.3. The van der Waals surface area contributed by atoms with Crippen LogP contribution in [0.15, 0.2) is 18.2 Å². The summed E-state index contributed by atoms with van der Waals surface area (Å²) in [4.78, 5) is 13.8. The van der Waals surface area contributed by atoms with Gasteiger partial charge in [-0.3, -0.25) is 4.79 Å². The lowest BCUT2D eigenvalue weighted by Crippen LogP contribution is -2.47. The van der Waals surface area contributed by atoms with Crippen LogP contribution in [0.5, 0.6) is 11.5 Å². The van der Waals surface area contributed by atoms with Crippen LogP contribution >= 0.6 is 0 Å². The maximum absolute atomic E-state index is 12.4. The van der Waals surface area contributed by atoms with Crippen molar-refractivity contribution in [3.8, 4) is 11.5 Å². The van der Waals surface area contributed by atoms with Crippen LogP contribution < -0.4 is 4.74 Å². The number of carbonyl (C=O) groups is 1. The van der Waals surface area contributed by atoms with E-state index < -0.39 is 5.60 Å². The fraction of sp³-hybridized carbons (Fsp3) is 0.533. The van der Waals surface area contributed by atoms with Crippen molar-refractivity contribution in [1.82, 2.24) is 4.90 Å². The molecule has 1 fully saturated rings. The van der Waals surface area contributed by atoms with Crippen molar-refractivity contribution in [2.45, 2.75) is 18.4 Å². The number of ether oxygens (including phenoxy) is 2. The number of nitrogens with zero attached hydrogens (tertiary/aromatic N) is 1. The van der Waals surface area contributed by atoms with Crippen LogP contribution in [0.2, 0.25) is 0 Å². The van der Waals surface area contributed by atoms with E-state index in [2.05, 4.69) is 0 Å². The van der Waals surface area contributed by atoms with Gasteiger partial charge in [0, 0.05) is 39.6 Å². The number of benzene rings is 1. The minimum Gasteiger partial charge on any atom is -0.504 e. The summed E-state index contributed by atoms with van der Waals surface area (Å²) in [6.45, 7) is 1.18. The van der Waals surface area contributed by atoms with Crippen molar-refractivity contribution in [3.63, 3.8) is 0 Å². The van der Waals surface area contributed by atoms with Gasteiger partial charge in [-0.15, -0.1) is 0 Å². The highest BCUT2D eigenvalue weighted by molar-refractivity contribution is 5.97. The number of amides is 1. The van der Waals surface area contributed by atoms with Gasteiger partial charge in [-0.25, -0.2) is 0 Å². The molecule has 21 heavy (non-hydrogen) atoms. The summed E-state index contributed by atoms with van der Waals surface area (Å²) < 4.78 is 10.2. The third-order valence-electron chi connectivity index (χ3n) is 3.75. The molecule has 0 spiro atoms. The molecule has 6 heteroatoms. The Bertz CT molecular complexity index is 511. The van der Waals surface area contributed by atoms with Crippen LogP contribution in [0.25, 0.3) is 0 Å². The van der Waals surface area contributed by atoms with E-state index in [9.17, 15) is 15.0 Å². The number of rotatable bonds is 4. The summed E-state index contributed by atoms with van der Waals surface area (Å²) in [7, 11) is 3.03. The maximum Gasteiger partial charge on any atom is 0.257 e. The fourth-order valence-corrected chi connectivity index (χ4v) is 2.49. The number of aliphatic hydroxyl groups is 1. The minimum atomic E-state index is -0.933. The van der Waals surface area contributed by atoms with E-state index in [0.717, 1.165) is 0 Å². The number of hydrogen-bond acceptors (Lipinski definition) is 5. The first-order valence-corrected chi connectivity index (χ1v) is 6.88. The highest BCUT2D eigenvalue weighted by atomic mass is 16.5. The lowest BCUT2D eigenvalue weighted by atomic mass is 9.93. The molecular weight excluding hydrogens is 274 g/mol. The van der Waals surface area contributed by atoms with Crippen molar-refractivity contribution >= 4 is 5.91 Å². The molecule has 1 aromatic carbocycles. The molecule has 116 valence electrons. The molecule has 1 amide bonds. The van der Waals surface area contributed by atoms with Crippen LogP contribution in [-0.4, -0.2) is 60.5 Å². The average Bonchev–Trinajstić information content (AvgIpc) is 2.47. The third-order valence-corrected chi connectivity index (χ3v) is 3.75. The molecule has 0 saturated carbocycles. The number of hydrogen-bond donors (Lipinski definition) is 2. The van der Waals surface area contributed by atoms with Crippen LogP contribution in [0, 0.1) is 0 Å². The predicted molar refractivity (Wildman–Crippen MR) is 76.6 cm³/mol. The molecule has 0 radical (unpaired) electrons. The van der Waals surface area contributed by atoms with Crippen molar-refractivity contribution in [1.29, 1.82) is 0 Å². The monoisotopic (exact) mass is 295 g/mol. The molecule has 1 aliphatic rings. The second kappa shape index (κ2) is 6.32. The van der Waals surface area contributed by atoms with Gasteiger partial charge in [-0.05, 0) is 12.1 Å². The number of carbonyl (C=O) groups excluding carboxylic acids is 1. The van der Waals surface area contributed by atoms with Gasteiger partial charge in [-0.1, -0.05) is 6.07 Å². The molecule has 2 N–H and O–H groups in total. The Morgan fingerprint density at radius 3 is 2.71 bits per heavy atom. The molecule has 1 aliphatic heterocycles. The Morgan fingerprint density at radius 1 is 1.43 bits per heavy atom. The van der Waals surface area contributed by atoms with Gasteiger partial charge >= 0.3 is 0 Å². The summed E-state index contributed by atoms with van der Waals surface area (Å²) in [6.07, 6.45) is 0.990. The van der Waals surface area contributed by atoms with Gasteiger partial charge in [0.05, 0.1) is 18.3 Å². The summed E-state index contributed by atoms with van der Waals surface area (Å²) in [5.74, 6) is -0.291. The highest BCUT2D eigenvalue weighted by Crippen LogP contribution is 2.30. The Balaban J connectivity index is 2.12. The van der Waals surface area contributed by atoms with E-state index in [0.29, 0.717) is 26.1 Å². The van der Waals surface area contributed by atoms with Gasteiger partial charge < -0.3 is 24.6 Å². The van der Waals surface area contributed by atoms with E-state index in [-0.39, 0.29) is 29.5 Å². The van der Waals surface area contributed by atoms with Gasteiger partial charge in [0.15, 0.2) is 11.5 Å². The summed E-state index contributed by atoms with van der Waals surface area (Å²) in [5.41, 5.74) is -0.774. The standard InChI is InChI=1S/C15H21NO5/c1-16(10-15(19)6-8-21-9-7-15)14(18)11-4-3-5-12(20-2)13(11)17/h3-5,17,19H,6-10H2,1-2H3. The third kappa shape index (κ3) is 3.46. The lowest BCUT2D eigenvalue weighted by molar-refractivity contribution is -0.0734. The molecule has 6 nitrogen and oxygen atoms in total. The van der Waals surface area contributed by atoms with E-state index in [1.807, 2.05) is 0 Å². The first-order valence-electron chi connectivity index (χ1n) is 6.88. The number of para-hydroxylation sites is 1. The van der Waals surface area contributed by atoms with Gasteiger partial charge in [-0.2, -0.15) is 0 Å². The molecule has 0 aliphatic carbocycles. The quantitative estimate of drug-likeness (QED) is 0.867. The highest BCUT2D eigenvalue weighted by Gasteiger charge is 2.33. The summed E-state index contributed by atoms with van der Waals surface area (Å²) in [6, 6.07) is 4.76. The SMILES string of the molecule is COc1cccc(C(=O)N(C)CC2(O)CCOCC2)c1O. The minimum absolute atomic E-state index is 0.160. The van der Waals surface area contributed by atoms with Crippen LogP contribution in [0.1, 0.15) is 23.2 Å². The molecule has 2 rings (SSSR count). The number of likely N-dealkylation sites (N-methyl/N-ethyl adjacent to an activating group) is 1. The smallest absolute Gasteiger partial charge is 0.257 e. The Hall–Kier alpha value is -1.79. The molecule has 1 aromatic rings. The Morgan fingerprint density at radius 2 is 2.10 bits per heavy atom. The molecule has 0 aromatic heterocycles. The van der Waals surface area contributed by atoms with Gasteiger partial charge in [0.1, 0.15) is 0 Å². The zero-order valence-electron chi connectivity index (χ0n) is 12.3. The number of aromatic hydroxyl groups is 1. The Kier molecular flexibility index (Phi) is 4.69. The van der Waals surface area contributed by atoms with Crippen molar-refractivity contribution < 1.29 is 24.5 Å². The first kappa shape index (κ1) is 15.6. The first-order chi connectivity index (χ1) is 9.97. The van der Waals surface area contributed by atoms with Crippen molar-refractivity contribution in [2.75, 3.05) is 33.9 Å². The molecule has 0 bridgehead atoms. The topological polar surface area (TPSA) is 79.2 Å². The van der Waals surface area contributed by atoms with E-state index in [4.69, 9.17) is 9.47 Å². The zero-order valence-corrected chi connectivity index (χ0v) is 12.3. The molecule has 1 saturated heterocycles. The van der Waals surface area contributed by atoms with Crippen LogP contribution in [0.3, 0.4) is 0 Å². The van der Waals surface area contributed by atoms with Crippen molar-refractivity contribution in [3.05, 3.63) is 23.8 Å². The summed E-state index contributed by atoms with van der Waals surface area (Å²) >= 11 is 0. The van der Waals surface area contributed by atoms with Crippen molar-refractivity contribution in [2.24, 2.45) is 0 Å². The second-order valence-electron chi connectivity index (χ2n) is 5.35. The largest absolute Gasteiger partial charge is 0.504 e. The predicted octanol–water partition coefficient (Wildman–Crippen LogP) is 1.01. The summed E-state index contributed by atoms with van der Waals surface area (Å²) in [5, 5.41) is 20.5. The zero-order chi connectivity index (χ0) is 15.5. The second-order valence-corrected chi connectivity index (χ2v) is 5.35. The Labute approximate surface area is 123 Å². The molecule has 0 atom stereocenters. The van der Waals surface area contributed by atoms with E-state index in [1.54, 1.807) is 19.2 Å². The molecular formula is C15H21NO5. The fourth-order valence-electron chi connectivity index (χ4n) is 2.49. The average molecular weight is 295 g/mol. The van der Waals surface area contributed by atoms with Gasteiger partial charge in [0.25, 0.3) is 5.91 Å². The molecule has 1 heterocycles. The molecule has 0 unspecified atom stereocenters. The lowest BCUT2D eigenvalue weighted by Gasteiger charge is -2.35. The number of methoxy groups -OCH3 is 1. The van der Waals surface area contributed by atoms with E-state index in [1.165, 1.54) is 18.1 Å².